The van der Waals surface area contributed by atoms with Crippen molar-refractivity contribution in [3.8, 4) is 0 Å². The van der Waals surface area contributed by atoms with Crippen LogP contribution < -0.4 is 10.6 Å². The minimum Gasteiger partial charge on any atom is -0.376 e. The van der Waals surface area contributed by atoms with Crippen LogP contribution in [0.2, 0.25) is 5.02 Å². The van der Waals surface area contributed by atoms with E-state index in [4.69, 9.17) is 37.0 Å². The summed E-state index contributed by atoms with van der Waals surface area (Å²) in [6.45, 7) is 5.10. The topological polar surface area (TPSA) is 92.9 Å². The molecule has 33 heavy (non-hydrogen) atoms. The molecule has 0 aliphatic carbocycles. The molecule has 9 heteroatoms. The number of nitrogens with zero attached hydrogens (tertiary/aromatic N) is 4. The van der Waals surface area contributed by atoms with Crippen molar-refractivity contribution in [2.24, 2.45) is 5.73 Å². The van der Waals surface area contributed by atoms with Gasteiger partial charge in [0.1, 0.15) is 11.5 Å². The summed E-state index contributed by atoms with van der Waals surface area (Å²) < 4.78 is 5.58. The molecule has 170 valence electrons. The summed E-state index contributed by atoms with van der Waals surface area (Å²) in [4.78, 5) is 21.4. The number of fused-ring (bicyclic) bond motifs is 3. The number of halogens is 1. The van der Waals surface area contributed by atoms with Crippen molar-refractivity contribution in [1.82, 2.24) is 19.9 Å². The first kappa shape index (κ1) is 21.2. The molecule has 0 spiro atoms. The van der Waals surface area contributed by atoms with E-state index in [0.717, 1.165) is 83.0 Å². The van der Waals surface area contributed by atoms with Gasteiger partial charge >= 0.3 is 0 Å². The van der Waals surface area contributed by atoms with E-state index in [9.17, 15) is 0 Å². The average molecular weight is 481 g/mol. The average Bonchev–Trinajstić information content (AvgIpc) is 3.40. The number of aromatic nitrogens is 4. The minimum atomic E-state index is 0.150. The molecular weight excluding hydrogens is 456 g/mol. The minimum absolute atomic E-state index is 0.150. The van der Waals surface area contributed by atoms with Gasteiger partial charge in [-0.2, -0.15) is 0 Å². The molecule has 0 amide bonds. The van der Waals surface area contributed by atoms with E-state index < -0.39 is 0 Å². The fraction of sp³-hybridized carbons (Fsp3) is 0.375. The number of benzene rings is 1. The molecule has 6 rings (SSSR count). The fourth-order valence-corrected chi connectivity index (χ4v) is 5.80. The number of H-pyrrole nitrogens is 1. The highest BCUT2D eigenvalue weighted by Crippen LogP contribution is 2.38. The maximum Gasteiger partial charge on any atom is 0.196 e. The number of anilines is 1. The standard InChI is InChI=1S/C24H25ClN6OS/c1-2-17-21(25)20-22(28-17)29-24(30-23(20)31-7-5-15(26)11-31)33-16-4-3-13-9-14-12-32-8-6-18(14)27-19(13)10-16/h3-4,9-10,15H,2,5-8,11-12,26H2,1H3,(H,28,29,30). The molecule has 1 atom stereocenters. The van der Waals surface area contributed by atoms with Gasteiger partial charge in [-0.15, -0.1) is 0 Å². The number of hydrogen-bond acceptors (Lipinski definition) is 7. The third-order valence-electron chi connectivity index (χ3n) is 6.41. The molecule has 2 aliphatic heterocycles. The van der Waals surface area contributed by atoms with Crippen LogP contribution in [0.15, 0.2) is 34.3 Å². The normalized spacial score (nSPS) is 18.4. The van der Waals surface area contributed by atoms with Gasteiger partial charge in [-0.3, -0.25) is 4.98 Å². The van der Waals surface area contributed by atoms with E-state index >= 15 is 0 Å². The zero-order valence-electron chi connectivity index (χ0n) is 18.4. The third kappa shape index (κ3) is 3.85. The molecule has 4 aromatic rings. The summed E-state index contributed by atoms with van der Waals surface area (Å²) in [5.41, 5.74) is 11.3. The van der Waals surface area contributed by atoms with Crippen molar-refractivity contribution >= 4 is 51.1 Å². The van der Waals surface area contributed by atoms with Gasteiger partial charge in [-0.1, -0.05) is 24.6 Å². The monoisotopic (exact) mass is 480 g/mol. The van der Waals surface area contributed by atoms with Gasteiger partial charge in [0.05, 0.1) is 29.1 Å². The van der Waals surface area contributed by atoms with Crippen LogP contribution in [0.4, 0.5) is 5.82 Å². The summed E-state index contributed by atoms with van der Waals surface area (Å²) in [5.74, 6) is 0.865. The maximum atomic E-state index is 6.72. The van der Waals surface area contributed by atoms with Gasteiger partial charge in [0.2, 0.25) is 0 Å². The maximum absolute atomic E-state index is 6.72. The van der Waals surface area contributed by atoms with E-state index in [1.165, 1.54) is 5.56 Å². The molecule has 1 aromatic carbocycles. The lowest BCUT2D eigenvalue weighted by molar-refractivity contribution is 0.109. The van der Waals surface area contributed by atoms with Crippen LogP contribution in [0.1, 0.15) is 30.3 Å². The SMILES string of the molecule is CCc1[nH]c2nc(Sc3ccc4cc5c(nc4c3)CCOC5)nc(N3CCC(N)C3)c2c1Cl. The molecule has 2 aliphatic rings. The van der Waals surface area contributed by atoms with E-state index in [-0.39, 0.29) is 6.04 Å². The van der Waals surface area contributed by atoms with Gasteiger partial charge in [-0.05, 0) is 48.4 Å². The van der Waals surface area contributed by atoms with Gasteiger partial charge in [-0.25, -0.2) is 9.97 Å². The van der Waals surface area contributed by atoms with E-state index in [1.807, 2.05) is 0 Å². The number of aryl methyl sites for hydroxylation is 1. The van der Waals surface area contributed by atoms with Crippen LogP contribution in [0.3, 0.4) is 0 Å². The predicted molar refractivity (Wildman–Crippen MR) is 132 cm³/mol. The number of hydrogen-bond donors (Lipinski definition) is 2. The van der Waals surface area contributed by atoms with Crippen molar-refractivity contribution in [2.75, 3.05) is 24.6 Å². The van der Waals surface area contributed by atoms with E-state index in [0.29, 0.717) is 16.8 Å². The Hall–Kier alpha value is -2.39. The highest BCUT2D eigenvalue weighted by molar-refractivity contribution is 7.99. The molecule has 1 saturated heterocycles. The first-order valence-electron chi connectivity index (χ1n) is 11.4. The Balaban J connectivity index is 1.40. The van der Waals surface area contributed by atoms with Crippen LogP contribution in [-0.4, -0.2) is 45.7 Å². The van der Waals surface area contributed by atoms with Crippen LogP contribution in [-0.2, 0) is 24.2 Å². The zero-order chi connectivity index (χ0) is 22.5. The quantitative estimate of drug-likeness (QED) is 0.416. The van der Waals surface area contributed by atoms with Crippen LogP contribution in [0, 0.1) is 0 Å². The van der Waals surface area contributed by atoms with Crippen LogP contribution >= 0.6 is 23.4 Å². The molecule has 0 saturated carbocycles. The van der Waals surface area contributed by atoms with Gasteiger partial charge < -0.3 is 20.4 Å². The van der Waals surface area contributed by atoms with Crippen molar-refractivity contribution in [3.05, 3.63) is 46.2 Å². The Morgan fingerprint density at radius 2 is 2.18 bits per heavy atom. The highest BCUT2D eigenvalue weighted by atomic mass is 35.5. The summed E-state index contributed by atoms with van der Waals surface area (Å²) in [5, 5.41) is 3.41. The Morgan fingerprint density at radius 1 is 1.27 bits per heavy atom. The second-order valence-corrected chi connectivity index (χ2v) is 10.1. The molecule has 3 N–H and O–H groups in total. The van der Waals surface area contributed by atoms with Crippen molar-refractivity contribution in [2.45, 2.75) is 48.9 Å². The van der Waals surface area contributed by atoms with Crippen LogP contribution in [0.25, 0.3) is 21.9 Å². The Morgan fingerprint density at radius 3 is 3.00 bits per heavy atom. The number of nitrogens with two attached hydrogens (primary N) is 1. The molecule has 0 radical (unpaired) electrons. The summed E-state index contributed by atoms with van der Waals surface area (Å²) in [6.07, 6.45) is 2.61. The van der Waals surface area contributed by atoms with Gasteiger partial charge in [0.25, 0.3) is 0 Å². The fourth-order valence-electron chi connectivity index (χ4n) is 4.66. The van der Waals surface area contributed by atoms with E-state index in [2.05, 4.69) is 41.1 Å². The number of rotatable bonds is 4. The molecular formula is C24H25ClN6OS. The third-order valence-corrected chi connectivity index (χ3v) is 7.68. The van der Waals surface area contributed by atoms with E-state index in [1.54, 1.807) is 11.8 Å². The summed E-state index contributed by atoms with van der Waals surface area (Å²) in [7, 11) is 0. The molecule has 0 bridgehead atoms. The second-order valence-electron chi connectivity index (χ2n) is 8.67. The van der Waals surface area contributed by atoms with Crippen molar-refractivity contribution < 1.29 is 4.74 Å². The Kier molecular flexibility index (Phi) is 5.41. The zero-order valence-corrected chi connectivity index (χ0v) is 20.0. The first-order chi connectivity index (χ1) is 16.1. The molecule has 3 aromatic heterocycles. The van der Waals surface area contributed by atoms with Crippen molar-refractivity contribution in [1.29, 1.82) is 0 Å². The second kappa shape index (κ2) is 8.43. The smallest absolute Gasteiger partial charge is 0.196 e. The molecule has 1 unspecified atom stereocenters. The lowest BCUT2D eigenvalue weighted by Gasteiger charge is -2.19. The number of nitrogens with one attached hydrogen (secondary N) is 1. The summed E-state index contributed by atoms with van der Waals surface area (Å²) in [6, 6.07) is 8.67. The van der Waals surface area contributed by atoms with Gasteiger partial charge in [0, 0.05) is 47.2 Å². The predicted octanol–water partition coefficient (Wildman–Crippen LogP) is 4.48. The number of ether oxygens (including phenoxy) is 1. The summed E-state index contributed by atoms with van der Waals surface area (Å²) >= 11 is 8.26. The highest BCUT2D eigenvalue weighted by Gasteiger charge is 2.26. The van der Waals surface area contributed by atoms with Gasteiger partial charge in [0.15, 0.2) is 5.16 Å². The van der Waals surface area contributed by atoms with Crippen LogP contribution in [0.5, 0.6) is 0 Å². The first-order valence-corrected chi connectivity index (χ1v) is 12.5. The number of pyridine rings is 1. The Bertz CT molecular complexity index is 1370. The van der Waals surface area contributed by atoms with Crippen molar-refractivity contribution in [3.63, 3.8) is 0 Å². The molecule has 7 nitrogen and oxygen atoms in total. The lowest BCUT2D eigenvalue weighted by Crippen LogP contribution is -2.27. The number of aromatic amines is 1. The Labute approximate surface area is 201 Å². The molecule has 1 fully saturated rings. The molecule has 5 heterocycles. The largest absolute Gasteiger partial charge is 0.376 e. The lowest BCUT2D eigenvalue weighted by atomic mass is 10.1.